The van der Waals surface area contributed by atoms with E-state index in [4.69, 9.17) is 15.0 Å². The van der Waals surface area contributed by atoms with E-state index in [1.807, 2.05) is 36.4 Å². The number of hydrogen-bond acceptors (Lipinski definition) is 3. The number of hydrogen-bond donors (Lipinski definition) is 0. The van der Waals surface area contributed by atoms with E-state index in [2.05, 4.69) is 290 Å². The Kier molecular flexibility index (Phi) is 10.6. The third-order valence-corrected chi connectivity index (χ3v) is 18.3. The highest BCUT2D eigenvalue weighted by Crippen LogP contribution is 2.45. The van der Waals surface area contributed by atoms with E-state index in [9.17, 15) is 0 Å². The number of fused-ring (bicyclic) bond motifs is 15. The zero-order valence-electron chi connectivity index (χ0n) is 47.9. The molecule has 0 saturated carbocycles. The van der Waals surface area contributed by atoms with Crippen LogP contribution in [0.2, 0.25) is 0 Å². The summed E-state index contributed by atoms with van der Waals surface area (Å²) in [6.07, 6.45) is 0. The van der Waals surface area contributed by atoms with E-state index in [0.717, 1.165) is 94.4 Å². The first-order valence-corrected chi connectivity index (χ1v) is 30.3. The molecular weight excluding hydrogens is 1080 g/mol. The number of nitrogens with zero attached hydrogens (tertiary/aromatic N) is 8. The molecule has 0 N–H and O–H groups in total. The van der Waals surface area contributed by atoms with Crippen LogP contribution in [0.25, 0.3) is 172 Å². The SMILES string of the molecule is c1ccc(-c2nc(-c3ccccc3)nc(-n3c4ccccc4c4cc(-n5c6ccc(-c7ccc8c(c7)c7cc9c%10ccccc%10n(-c%10ccccc%10)c9cc7n8-c7ccccc7)cc6c6cc7c8ccccc8n(-c8ccccc8)c7cc65)ccc43)n2)cc1. The summed E-state index contributed by atoms with van der Waals surface area (Å²) < 4.78 is 12.0. The van der Waals surface area contributed by atoms with Crippen molar-refractivity contribution in [2.24, 2.45) is 0 Å². The lowest BCUT2D eigenvalue weighted by molar-refractivity contribution is 0.953. The third kappa shape index (κ3) is 7.44. The largest absolute Gasteiger partial charge is 0.309 e. The third-order valence-electron chi connectivity index (χ3n) is 18.3. The lowest BCUT2D eigenvalue weighted by Gasteiger charge is -2.12. The van der Waals surface area contributed by atoms with Gasteiger partial charge < -0.3 is 18.3 Å². The van der Waals surface area contributed by atoms with Crippen molar-refractivity contribution in [1.29, 1.82) is 0 Å². The van der Waals surface area contributed by atoms with Crippen molar-refractivity contribution in [3.05, 3.63) is 303 Å². The molecule has 0 saturated heterocycles. The van der Waals surface area contributed by atoms with Gasteiger partial charge in [-0.1, -0.05) is 182 Å². The molecule has 0 atom stereocenters. The Morgan fingerprint density at radius 1 is 0.169 bits per heavy atom. The standard InChI is InChI=1S/C81H50N8/c1-6-22-51(23-7-1)79-82-80(52-24-8-2-9-25-52)84-81(83-79)89-71-37-21-18-32-59(71)64-46-58(40-43-74(64)89)88-73-42-39-54(45-63(73)68-48-66-61-34-17-20-36-70(61)86(76(66)50-78(68)88)56-28-12-4-13-29-56)53-38-41-72-62(44-53)67-47-65-60-33-16-19-35-69(60)85(55-26-10-3-11-27-55)75(65)49-77(67)87(72)57-30-14-5-15-31-57/h1-50H. The predicted octanol–water partition coefficient (Wildman–Crippen LogP) is 20.4. The maximum absolute atomic E-state index is 5.25. The second-order valence-corrected chi connectivity index (χ2v) is 23.2. The first-order valence-electron chi connectivity index (χ1n) is 30.3. The van der Waals surface area contributed by atoms with Gasteiger partial charge in [-0.15, -0.1) is 0 Å². The fourth-order valence-electron chi connectivity index (χ4n) is 14.4. The highest BCUT2D eigenvalue weighted by Gasteiger charge is 2.24. The van der Waals surface area contributed by atoms with Crippen molar-refractivity contribution in [2.75, 3.05) is 0 Å². The molecule has 0 bridgehead atoms. The lowest BCUT2D eigenvalue weighted by Crippen LogP contribution is -2.06. The molecule has 0 aliphatic heterocycles. The number of benzene rings is 13. The van der Waals surface area contributed by atoms with Gasteiger partial charge in [0.2, 0.25) is 5.95 Å². The van der Waals surface area contributed by atoms with Gasteiger partial charge in [0.05, 0.1) is 55.2 Å². The molecule has 89 heavy (non-hydrogen) atoms. The van der Waals surface area contributed by atoms with E-state index >= 15 is 0 Å². The Bertz CT molecular complexity index is 6020. The zero-order valence-corrected chi connectivity index (χ0v) is 47.9. The average Bonchev–Trinajstić information content (AvgIpc) is 1.61. The molecule has 0 aliphatic carbocycles. The van der Waals surface area contributed by atoms with Crippen LogP contribution in [-0.2, 0) is 0 Å². The van der Waals surface area contributed by atoms with Gasteiger partial charge in [0, 0.05) is 87.7 Å². The van der Waals surface area contributed by atoms with Crippen LogP contribution in [0.5, 0.6) is 0 Å². The van der Waals surface area contributed by atoms with E-state index < -0.39 is 0 Å². The van der Waals surface area contributed by atoms with Crippen LogP contribution in [0.3, 0.4) is 0 Å². The lowest BCUT2D eigenvalue weighted by atomic mass is 9.99. The number of para-hydroxylation sites is 6. The second-order valence-electron chi connectivity index (χ2n) is 23.2. The normalized spacial score (nSPS) is 12.0. The highest BCUT2D eigenvalue weighted by molar-refractivity contribution is 6.22. The molecule has 0 unspecified atom stereocenters. The van der Waals surface area contributed by atoms with E-state index in [0.29, 0.717) is 17.6 Å². The smallest absolute Gasteiger partial charge is 0.238 e. The van der Waals surface area contributed by atoms with E-state index in [-0.39, 0.29) is 0 Å². The van der Waals surface area contributed by atoms with Crippen molar-refractivity contribution in [3.63, 3.8) is 0 Å². The molecule has 0 amide bonds. The molecule has 0 fully saturated rings. The van der Waals surface area contributed by atoms with Gasteiger partial charge in [0.1, 0.15) is 0 Å². The second kappa shape index (κ2) is 19.2. The van der Waals surface area contributed by atoms with Crippen LogP contribution in [0.1, 0.15) is 0 Å². The Hall–Kier alpha value is -12.1. The van der Waals surface area contributed by atoms with Gasteiger partial charge >= 0.3 is 0 Å². The van der Waals surface area contributed by atoms with Gasteiger partial charge in [-0.2, -0.15) is 9.97 Å². The van der Waals surface area contributed by atoms with Crippen LogP contribution in [0.15, 0.2) is 303 Å². The summed E-state index contributed by atoms with van der Waals surface area (Å²) in [5.41, 5.74) is 19.8. The van der Waals surface area contributed by atoms with Crippen molar-refractivity contribution in [1.82, 2.24) is 37.8 Å². The fourth-order valence-corrected chi connectivity index (χ4v) is 14.4. The molecule has 8 heteroatoms. The highest BCUT2D eigenvalue weighted by atomic mass is 15.2. The van der Waals surface area contributed by atoms with Crippen molar-refractivity contribution < 1.29 is 0 Å². The average molecular weight is 1140 g/mol. The quantitative estimate of drug-likeness (QED) is 0.152. The van der Waals surface area contributed by atoms with Crippen LogP contribution >= 0.6 is 0 Å². The minimum absolute atomic E-state index is 0.559. The molecule has 13 aromatic carbocycles. The summed E-state index contributed by atoms with van der Waals surface area (Å²) in [6, 6.07) is 110. The fraction of sp³-hybridized carbons (Fsp3) is 0. The molecule has 6 aromatic heterocycles. The Morgan fingerprint density at radius 3 is 0.899 bits per heavy atom. The minimum atomic E-state index is 0.559. The summed E-state index contributed by atoms with van der Waals surface area (Å²) in [5.74, 6) is 1.79. The molecule has 0 radical (unpaired) electrons. The molecule has 19 rings (SSSR count). The Balaban J connectivity index is 0.847. The molecule has 19 aromatic rings. The first kappa shape index (κ1) is 49.2. The molecule has 0 spiro atoms. The van der Waals surface area contributed by atoms with E-state index in [1.54, 1.807) is 0 Å². The first-order chi connectivity index (χ1) is 44.1. The zero-order chi connectivity index (χ0) is 58.3. The summed E-state index contributed by atoms with van der Waals surface area (Å²) >= 11 is 0. The van der Waals surface area contributed by atoms with Crippen LogP contribution in [0.4, 0.5) is 0 Å². The van der Waals surface area contributed by atoms with Gasteiger partial charge in [-0.3, -0.25) is 4.57 Å². The van der Waals surface area contributed by atoms with Crippen LogP contribution < -0.4 is 0 Å². The summed E-state index contributed by atoms with van der Waals surface area (Å²) in [6.45, 7) is 0. The summed E-state index contributed by atoms with van der Waals surface area (Å²) in [4.78, 5) is 15.6. The monoisotopic (exact) mass is 1130 g/mol. The van der Waals surface area contributed by atoms with Gasteiger partial charge in [0.15, 0.2) is 11.6 Å². The van der Waals surface area contributed by atoms with Gasteiger partial charge in [-0.05, 0) is 132 Å². The Morgan fingerprint density at radius 2 is 0.472 bits per heavy atom. The number of rotatable bonds is 8. The maximum atomic E-state index is 5.25. The van der Waals surface area contributed by atoms with Crippen molar-refractivity contribution >= 4 is 109 Å². The molecule has 8 nitrogen and oxygen atoms in total. The van der Waals surface area contributed by atoms with Crippen LogP contribution in [-0.4, -0.2) is 37.8 Å². The maximum Gasteiger partial charge on any atom is 0.238 e. The van der Waals surface area contributed by atoms with Gasteiger partial charge in [-0.25, -0.2) is 4.98 Å². The molecule has 0 aliphatic rings. The van der Waals surface area contributed by atoms with E-state index in [1.165, 1.54) is 59.6 Å². The molecule has 6 heterocycles. The topological polar surface area (TPSA) is 63.3 Å². The Labute approximate surface area is 509 Å². The molecular formula is C81H50N8. The summed E-state index contributed by atoms with van der Waals surface area (Å²) in [7, 11) is 0. The predicted molar refractivity (Wildman–Crippen MR) is 368 cm³/mol. The van der Waals surface area contributed by atoms with Crippen LogP contribution in [0, 0.1) is 0 Å². The summed E-state index contributed by atoms with van der Waals surface area (Å²) in [5, 5.41) is 11.8. The minimum Gasteiger partial charge on any atom is -0.309 e. The van der Waals surface area contributed by atoms with Crippen molar-refractivity contribution in [2.45, 2.75) is 0 Å². The van der Waals surface area contributed by atoms with Gasteiger partial charge in [0.25, 0.3) is 0 Å². The number of aromatic nitrogens is 8. The van der Waals surface area contributed by atoms with Crippen molar-refractivity contribution in [3.8, 4) is 62.6 Å². The molecule has 414 valence electrons.